The molecule has 4 heteroatoms. The molecule has 1 aliphatic heterocycles. The first-order valence-electron chi connectivity index (χ1n) is 5.88. The van der Waals surface area contributed by atoms with E-state index in [4.69, 9.17) is 5.26 Å². The van der Waals surface area contributed by atoms with Gasteiger partial charge in [-0.05, 0) is 18.9 Å². The summed E-state index contributed by atoms with van der Waals surface area (Å²) in [6, 6.07) is 3.92. The normalized spacial score (nSPS) is 17.3. The Morgan fingerprint density at radius 3 is 2.50 bits per heavy atom. The molecule has 84 valence electrons. The molecule has 4 nitrogen and oxygen atoms in total. The van der Waals surface area contributed by atoms with Crippen molar-refractivity contribution in [3.05, 3.63) is 17.8 Å². The van der Waals surface area contributed by atoms with Crippen LogP contribution in [0.1, 0.15) is 37.7 Å². The van der Waals surface area contributed by atoms with E-state index in [1.807, 2.05) is 0 Å². The highest BCUT2D eigenvalue weighted by molar-refractivity contribution is 5.52. The van der Waals surface area contributed by atoms with Crippen molar-refractivity contribution < 1.29 is 0 Å². The van der Waals surface area contributed by atoms with Gasteiger partial charge in [-0.3, -0.25) is 0 Å². The molecule has 0 saturated carbocycles. The second kappa shape index (κ2) is 5.45. The first-order chi connectivity index (χ1) is 7.92. The number of nitrogens with zero attached hydrogens (tertiary/aromatic N) is 4. The Labute approximate surface area is 95.9 Å². The SMILES string of the molecule is N#Cc1ccnnc1N1CCCCCCC1. The van der Waals surface area contributed by atoms with E-state index in [9.17, 15) is 0 Å². The maximum atomic E-state index is 9.03. The molecule has 0 aliphatic carbocycles. The number of hydrogen-bond donors (Lipinski definition) is 0. The Bertz CT molecular complexity index is 375. The highest BCUT2D eigenvalue weighted by atomic mass is 15.3. The number of aromatic nitrogens is 2. The smallest absolute Gasteiger partial charge is 0.169 e. The van der Waals surface area contributed by atoms with E-state index in [0.29, 0.717) is 5.56 Å². The minimum absolute atomic E-state index is 0.635. The van der Waals surface area contributed by atoms with Crippen molar-refractivity contribution in [2.45, 2.75) is 32.1 Å². The lowest BCUT2D eigenvalue weighted by molar-refractivity contribution is 0.552. The molecule has 1 saturated heterocycles. The summed E-state index contributed by atoms with van der Waals surface area (Å²) >= 11 is 0. The van der Waals surface area contributed by atoms with Gasteiger partial charge in [-0.15, -0.1) is 5.10 Å². The van der Waals surface area contributed by atoms with Crippen LogP contribution in [0.25, 0.3) is 0 Å². The van der Waals surface area contributed by atoms with Gasteiger partial charge in [0.15, 0.2) is 5.82 Å². The fourth-order valence-corrected chi connectivity index (χ4v) is 2.10. The summed E-state index contributed by atoms with van der Waals surface area (Å²) in [7, 11) is 0. The van der Waals surface area contributed by atoms with Gasteiger partial charge < -0.3 is 4.90 Å². The van der Waals surface area contributed by atoms with Gasteiger partial charge in [0.25, 0.3) is 0 Å². The molecule has 2 rings (SSSR count). The fourth-order valence-electron chi connectivity index (χ4n) is 2.10. The van der Waals surface area contributed by atoms with Gasteiger partial charge >= 0.3 is 0 Å². The van der Waals surface area contributed by atoms with Gasteiger partial charge in [-0.2, -0.15) is 10.4 Å². The third-order valence-electron chi connectivity index (χ3n) is 2.98. The molecule has 16 heavy (non-hydrogen) atoms. The van der Waals surface area contributed by atoms with Gasteiger partial charge in [-0.1, -0.05) is 19.3 Å². The molecule has 2 heterocycles. The van der Waals surface area contributed by atoms with Crippen molar-refractivity contribution in [1.82, 2.24) is 10.2 Å². The number of rotatable bonds is 1. The summed E-state index contributed by atoms with van der Waals surface area (Å²) in [6.07, 6.45) is 7.83. The van der Waals surface area contributed by atoms with Crippen LogP contribution in [-0.2, 0) is 0 Å². The maximum absolute atomic E-state index is 9.03. The second-order valence-corrected chi connectivity index (χ2v) is 4.14. The number of hydrogen-bond acceptors (Lipinski definition) is 4. The summed E-state index contributed by atoms with van der Waals surface area (Å²) in [5.41, 5.74) is 0.635. The molecule has 0 atom stereocenters. The van der Waals surface area contributed by atoms with E-state index < -0.39 is 0 Å². The Morgan fingerprint density at radius 2 is 1.81 bits per heavy atom. The van der Waals surface area contributed by atoms with E-state index >= 15 is 0 Å². The Balaban J connectivity index is 2.17. The van der Waals surface area contributed by atoms with Crippen molar-refractivity contribution >= 4 is 5.82 Å². The highest BCUT2D eigenvalue weighted by Crippen LogP contribution is 2.19. The van der Waals surface area contributed by atoms with Crippen LogP contribution in [-0.4, -0.2) is 23.3 Å². The fraction of sp³-hybridized carbons (Fsp3) is 0.583. The van der Waals surface area contributed by atoms with Crippen LogP contribution in [0.15, 0.2) is 12.3 Å². The molecule has 1 aromatic heterocycles. The van der Waals surface area contributed by atoms with Crippen LogP contribution >= 0.6 is 0 Å². The van der Waals surface area contributed by atoms with Gasteiger partial charge in [0.2, 0.25) is 0 Å². The van der Waals surface area contributed by atoms with E-state index in [1.165, 1.54) is 32.1 Å². The average molecular weight is 216 g/mol. The summed E-state index contributed by atoms with van der Waals surface area (Å²) in [5.74, 6) is 0.756. The van der Waals surface area contributed by atoms with Gasteiger partial charge in [-0.25, -0.2) is 0 Å². The van der Waals surface area contributed by atoms with E-state index in [-0.39, 0.29) is 0 Å². The van der Waals surface area contributed by atoms with Gasteiger partial charge in [0, 0.05) is 13.1 Å². The van der Waals surface area contributed by atoms with Crippen molar-refractivity contribution in [2.24, 2.45) is 0 Å². The Morgan fingerprint density at radius 1 is 1.12 bits per heavy atom. The standard InChI is InChI=1S/C12H16N4/c13-10-11-6-7-14-15-12(11)16-8-4-2-1-3-5-9-16/h6-7H,1-5,8-9H2. The lowest BCUT2D eigenvalue weighted by Gasteiger charge is -2.25. The van der Waals surface area contributed by atoms with E-state index in [0.717, 1.165) is 18.9 Å². The maximum Gasteiger partial charge on any atom is 0.169 e. The predicted molar refractivity (Wildman–Crippen MR) is 62.0 cm³/mol. The van der Waals surface area contributed by atoms with Crippen molar-refractivity contribution in [2.75, 3.05) is 18.0 Å². The first kappa shape index (κ1) is 10.9. The summed E-state index contributed by atoms with van der Waals surface area (Å²) < 4.78 is 0. The molecule has 0 bridgehead atoms. The zero-order chi connectivity index (χ0) is 11.2. The van der Waals surface area contributed by atoms with Crippen LogP contribution in [0, 0.1) is 11.3 Å². The van der Waals surface area contributed by atoms with Crippen molar-refractivity contribution in [3.8, 4) is 6.07 Å². The first-order valence-corrected chi connectivity index (χ1v) is 5.88. The number of anilines is 1. The largest absolute Gasteiger partial charge is 0.354 e. The van der Waals surface area contributed by atoms with Gasteiger partial charge in [0.05, 0.1) is 11.8 Å². The monoisotopic (exact) mass is 216 g/mol. The molecule has 0 unspecified atom stereocenters. The minimum atomic E-state index is 0.635. The third-order valence-corrected chi connectivity index (χ3v) is 2.98. The average Bonchev–Trinajstić information content (AvgIpc) is 2.29. The molecule has 0 amide bonds. The molecule has 1 fully saturated rings. The van der Waals surface area contributed by atoms with Crippen LogP contribution in [0.2, 0.25) is 0 Å². The van der Waals surface area contributed by atoms with Gasteiger partial charge in [0.1, 0.15) is 6.07 Å². The second-order valence-electron chi connectivity index (χ2n) is 4.14. The third kappa shape index (κ3) is 2.48. The molecule has 1 aliphatic rings. The van der Waals surface area contributed by atoms with Crippen LogP contribution in [0.5, 0.6) is 0 Å². The molecule has 0 spiro atoms. The van der Waals surface area contributed by atoms with Crippen molar-refractivity contribution in [1.29, 1.82) is 5.26 Å². The molecule has 0 aromatic carbocycles. The zero-order valence-corrected chi connectivity index (χ0v) is 9.39. The Kier molecular flexibility index (Phi) is 3.71. The summed E-state index contributed by atoms with van der Waals surface area (Å²) in [4.78, 5) is 2.20. The summed E-state index contributed by atoms with van der Waals surface area (Å²) in [5, 5.41) is 17.0. The van der Waals surface area contributed by atoms with Crippen LogP contribution < -0.4 is 4.90 Å². The number of nitriles is 1. The van der Waals surface area contributed by atoms with E-state index in [1.54, 1.807) is 12.3 Å². The molecular formula is C12H16N4. The zero-order valence-electron chi connectivity index (χ0n) is 9.39. The molecular weight excluding hydrogens is 200 g/mol. The Hall–Kier alpha value is -1.63. The lowest BCUT2D eigenvalue weighted by Crippen LogP contribution is -2.28. The van der Waals surface area contributed by atoms with Crippen molar-refractivity contribution in [3.63, 3.8) is 0 Å². The highest BCUT2D eigenvalue weighted by Gasteiger charge is 2.14. The van der Waals surface area contributed by atoms with Crippen LogP contribution in [0.3, 0.4) is 0 Å². The topological polar surface area (TPSA) is 52.8 Å². The molecule has 0 N–H and O–H groups in total. The minimum Gasteiger partial charge on any atom is -0.354 e. The van der Waals surface area contributed by atoms with E-state index in [2.05, 4.69) is 21.2 Å². The van der Waals surface area contributed by atoms with Crippen LogP contribution in [0.4, 0.5) is 5.82 Å². The quantitative estimate of drug-likeness (QED) is 0.721. The summed E-state index contributed by atoms with van der Waals surface area (Å²) in [6.45, 7) is 1.99. The molecule has 1 aromatic rings. The predicted octanol–water partition coefficient (Wildman–Crippen LogP) is 2.12. The lowest BCUT2D eigenvalue weighted by atomic mass is 10.1. The molecule has 0 radical (unpaired) electrons.